The zero-order valence-electron chi connectivity index (χ0n) is 28.3. The van der Waals surface area contributed by atoms with E-state index in [1.807, 2.05) is 43.3 Å². The molecule has 4 atom stereocenters. The lowest BCUT2D eigenvalue weighted by Gasteiger charge is -2.29. The number of aromatic amines is 1. The van der Waals surface area contributed by atoms with E-state index in [0.29, 0.717) is 58.4 Å². The zero-order chi connectivity index (χ0) is 37.0. The summed E-state index contributed by atoms with van der Waals surface area (Å²) in [4.78, 5) is 27.3. The number of H-pyrrole nitrogens is 1. The second-order valence-corrected chi connectivity index (χ2v) is 15.6. The van der Waals surface area contributed by atoms with Gasteiger partial charge in [0.05, 0.1) is 38.4 Å². The van der Waals surface area contributed by atoms with Gasteiger partial charge in [-0.15, -0.1) is 0 Å². The summed E-state index contributed by atoms with van der Waals surface area (Å²) in [5.74, 6) is 0.994. The number of benzene rings is 2. The predicted molar refractivity (Wildman–Crippen MR) is 193 cm³/mol. The Labute approximate surface area is 307 Å². The average molecular weight is 785 g/mol. The van der Waals surface area contributed by atoms with Crippen LogP contribution in [0, 0.1) is 6.92 Å². The molecule has 278 valence electrons. The Morgan fingerprint density at radius 3 is 2.28 bits per heavy atom. The molecule has 4 aromatic heterocycles. The summed E-state index contributed by atoms with van der Waals surface area (Å²) in [6.07, 6.45) is 4.69. The lowest BCUT2D eigenvalue weighted by molar-refractivity contribution is 0.0244. The van der Waals surface area contributed by atoms with Crippen LogP contribution in [-0.2, 0) is 49.4 Å². The van der Waals surface area contributed by atoms with Gasteiger partial charge < -0.3 is 21.0 Å². The van der Waals surface area contributed by atoms with Crippen LogP contribution in [0.2, 0.25) is 5.02 Å². The first-order valence-electron chi connectivity index (χ1n) is 16.4. The SMILES string of the molecule is Cc1cccc(C2CCOP(=O)(OCc3nc4ncnc(N)c4[nH]3)O2)c1.Nc1ncnc2c1ncn2CCOP1(=O)OCCC(c2cccc(Cl)c2)O1. The molecule has 0 amide bonds. The minimum Gasteiger partial charge on any atom is -0.382 e. The number of phosphoric ester groups is 2. The molecule has 2 saturated heterocycles. The van der Waals surface area contributed by atoms with E-state index < -0.39 is 21.7 Å². The third kappa shape index (κ3) is 8.90. The minimum absolute atomic E-state index is 0.0897. The highest BCUT2D eigenvalue weighted by Gasteiger charge is 2.37. The molecule has 2 fully saturated rings. The molecule has 0 aliphatic carbocycles. The zero-order valence-corrected chi connectivity index (χ0v) is 30.8. The lowest BCUT2D eigenvalue weighted by atomic mass is 10.0. The third-order valence-electron chi connectivity index (χ3n) is 8.14. The number of imidazole rings is 2. The highest BCUT2D eigenvalue weighted by atomic mass is 35.5. The van der Waals surface area contributed by atoms with E-state index in [-0.39, 0.29) is 38.3 Å². The fourth-order valence-corrected chi connectivity index (χ4v) is 8.52. The number of hydrogen-bond donors (Lipinski definition) is 3. The van der Waals surface area contributed by atoms with Gasteiger partial charge in [0, 0.05) is 24.4 Å². The molecule has 53 heavy (non-hydrogen) atoms. The number of aryl methyl sites for hydroxylation is 1. The van der Waals surface area contributed by atoms with E-state index in [2.05, 4.69) is 34.9 Å². The van der Waals surface area contributed by atoms with Crippen LogP contribution in [0.25, 0.3) is 22.3 Å². The van der Waals surface area contributed by atoms with Gasteiger partial charge in [0.1, 0.15) is 36.1 Å². The second kappa shape index (κ2) is 15.9. The average Bonchev–Trinajstić information content (AvgIpc) is 3.77. The molecule has 18 nitrogen and oxygen atoms in total. The normalized spacial score (nSPS) is 23.1. The first-order valence-corrected chi connectivity index (χ1v) is 19.7. The highest BCUT2D eigenvalue weighted by Crippen LogP contribution is 2.58. The van der Waals surface area contributed by atoms with Crippen molar-refractivity contribution in [2.45, 2.75) is 45.1 Å². The molecule has 21 heteroatoms. The van der Waals surface area contributed by atoms with Crippen molar-refractivity contribution in [3.05, 3.63) is 95.1 Å². The van der Waals surface area contributed by atoms with Gasteiger partial charge in [0.2, 0.25) is 0 Å². The fraction of sp³-hybridized carbons (Fsp3) is 0.312. The Morgan fingerprint density at radius 2 is 1.57 bits per heavy atom. The van der Waals surface area contributed by atoms with Gasteiger partial charge in [-0.1, -0.05) is 53.6 Å². The number of hydrogen-bond acceptors (Lipinski definition) is 16. The maximum Gasteiger partial charge on any atom is 0.475 e. The number of aromatic nitrogens is 8. The summed E-state index contributed by atoms with van der Waals surface area (Å²) in [7, 11) is -7.37. The van der Waals surface area contributed by atoms with Crippen LogP contribution >= 0.6 is 27.2 Å². The van der Waals surface area contributed by atoms with Crippen LogP contribution in [0.3, 0.4) is 0 Å². The van der Waals surface area contributed by atoms with Gasteiger partial charge in [-0.2, -0.15) is 0 Å². The smallest absolute Gasteiger partial charge is 0.382 e. The molecule has 5 N–H and O–H groups in total. The summed E-state index contributed by atoms with van der Waals surface area (Å²) in [6, 6.07) is 15.1. The topological polar surface area (TPSA) is 240 Å². The molecule has 2 aromatic carbocycles. The van der Waals surface area contributed by atoms with E-state index in [9.17, 15) is 9.13 Å². The van der Waals surface area contributed by atoms with Crippen molar-refractivity contribution in [2.75, 3.05) is 31.3 Å². The number of phosphoric acid groups is 2. The van der Waals surface area contributed by atoms with E-state index in [1.165, 1.54) is 12.7 Å². The second-order valence-electron chi connectivity index (χ2n) is 11.9. The summed E-state index contributed by atoms with van der Waals surface area (Å²) in [6.45, 7) is 2.91. The number of anilines is 2. The van der Waals surface area contributed by atoms with Crippen LogP contribution in [0.4, 0.5) is 11.6 Å². The molecule has 2 aliphatic heterocycles. The number of nitrogens with one attached hydrogen (secondary N) is 1. The van der Waals surface area contributed by atoms with Gasteiger partial charge in [-0.3, -0.25) is 27.1 Å². The van der Waals surface area contributed by atoms with Crippen LogP contribution in [0.15, 0.2) is 67.5 Å². The van der Waals surface area contributed by atoms with Gasteiger partial charge >= 0.3 is 15.6 Å². The van der Waals surface area contributed by atoms with Crippen LogP contribution in [0.1, 0.15) is 47.6 Å². The number of fused-ring (bicyclic) bond motifs is 2. The van der Waals surface area contributed by atoms with Crippen molar-refractivity contribution >= 4 is 61.2 Å². The van der Waals surface area contributed by atoms with Crippen molar-refractivity contribution in [2.24, 2.45) is 0 Å². The maximum atomic E-state index is 12.8. The number of nitrogens with two attached hydrogens (primary N) is 2. The quantitative estimate of drug-likeness (QED) is 0.134. The Balaban J connectivity index is 0.000000164. The molecule has 4 unspecified atom stereocenters. The minimum atomic E-state index is -3.70. The van der Waals surface area contributed by atoms with Gasteiger partial charge in [-0.25, -0.2) is 39.0 Å². The third-order valence-corrected chi connectivity index (χ3v) is 11.3. The Hall–Kier alpha value is -4.35. The lowest BCUT2D eigenvalue weighted by Crippen LogP contribution is -2.16. The van der Waals surface area contributed by atoms with E-state index in [0.717, 1.165) is 16.7 Å². The van der Waals surface area contributed by atoms with Gasteiger partial charge in [0.25, 0.3) is 0 Å². The van der Waals surface area contributed by atoms with Crippen molar-refractivity contribution in [3.63, 3.8) is 0 Å². The fourth-order valence-electron chi connectivity index (χ4n) is 5.60. The van der Waals surface area contributed by atoms with Crippen LogP contribution < -0.4 is 11.5 Å². The van der Waals surface area contributed by atoms with Crippen molar-refractivity contribution in [1.82, 2.24) is 39.5 Å². The molecule has 0 spiro atoms. The van der Waals surface area contributed by atoms with Crippen LogP contribution in [-0.4, -0.2) is 59.3 Å². The monoisotopic (exact) mass is 784 g/mol. The molecule has 0 saturated carbocycles. The van der Waals surface area contributed by atoms with E-state index in [1.54, 1.807) is 23.0 Å². The Morgan fingerprint density at radius 1 is 0.887 bits per heavy atom. The van der Waals surface area contributed by atoms with E-state index >= 15 is 0 Å². The largest absolute Gasteiger partial charge is 0.475 e. The first-order chi connectivity index (χ1) is 25.6. The van der Waals surface area contributed by atoms with Crippen molar-refractivity contribution < 1.29 is 36.3 Å². The highest BCUT2D eigenvalue weighted by molar-refractivity contribution is 7.48. The van der Waals surface area contributed by atoms with Crippen LogP contribution in [0.5, 0.6) is 0 Å². The predicted octanol–water partition coefficient (Wildman–Crippen LogP) is 6.41. The number of halogens is 1. The van der Waals surface area contributed by atoms with Gasteiger partial charge in [-0.05, 0) is 30.2 Å². The van der Waals surface area contributed by atoms with Crippen molar-refractivity contribution in [3.8, 4) is 0 Å². The number of nitrogens with zero attached hydrogens (tertiary/aromatic N) is 7. The summed E-state index contributed by atoms with van der Waals surface area (Å²) in [5.41, 5.74) is 16.4. The molecule has 0 bridgehead atoms. The number of nitrogen functional groups attached to an aromatic ring is 2. The molecular weight excluding hydrogens is 750 g/mol. The van der Waals surface area contributed by atoms with E-state index in [4.69, 9.17) is 50.2 Å². The molecule has 6 aromatic rings. The number of rotatable bonds is 9. The standard InChI is InChI=1S/C16H17ClN5O4P.C16H18N5O4P/c17-12-3-1-2-11(8-12)13-4-6-24-27(23,26-13)25-7-5-22-10-21-14-15(18)19-9-20-16(14)22;1-10-3-2-4-11(7-10)12-5-6-23-26(22,25-12)24-8-13-20-14-15(17)18-9-19-16(14)21-13/h1-3,8-10,13H,4-7H2,(H2,18,19,20);2-4,7,9,12H,5-6,8H2,1H3,(H3,17,18,19,20,21). The molecule has 2 aliphatic rings. The first kappa shape index (κ1) is 37.0. The molecule has 6 heterocycles. The Kier molecular flexibility index (Phi) is 11.1. The van der Waals surface area contributed by atoms with Gasteiger partial charge in [0.15, 0.2) is 22.9 Å². The molecular formula is C32H35ClN10O8P2. The molecule has 8 rings (SSSR count). The summed E-state index contributed by atoms with van der Waals surface area (Å²) < 4.78 is 60.0. The van der Waals surface area contributed by atoms with Crippen molar-refractivity contribution in [1.29, 1.82) is 0 Å². The summed E-state index contributed by atoms with van der Waals surface area (Å²) in [5, 5.41) is 0.589. The molecule has 0 radical (unpaired) electrons. The Bertz CT molecular complexity index is 2330. The summed E-state index contributed by atoms with van der Waals surface area (Å²) >= 11 is 6.02. The maximum absolute atomic E-state index is 12.8.